The molecule has 2 heterocycles. The molecule has 0 aliphatic rings. The lowest BCUT2D eigenvalue weighted by molar-refractivity contribution is -0.137. The molecule has 0 aliphatic heterocycles. The number of nitrogens with zero attached hydrogens (tertiary/aromatic N) is 5. The molecule has 0 aliphatic carbocycles. The minimum Gasteiger partial charge on any atom is -0.241 e. The van der Waals surface area contributed by atoms with Crippen LogP contribution in [0.2, 0.25) is 0 Å². The van der Waals surface area contributed by atoms with Crippen LogP contribution >= 0.6 is 0 Å². The predicted octanol–water partition coefficient (Wildman–Crippen LogP) is 2.57. The molecule has 0 saturated carbocycles. The Morgan fingerprint density at radius 1 is 1.23 bits per heavy atom. The number of benzene rings is 1. The largest absolute Gasteiger partial charge is 0.416 e. The number of hydrogen-bond donors (Lipinski definition) is 1. The first-order valence-corrected chi connectivity index (χ1v) is 5.94. The van der Waals surface area contributed by atoms with Crippen LogP contribution in [0.15, 0.2) is 48.9 Å². The summed E-state index contributed by atoms with van der Waals surface area (Å²) in [7, 11) is 0. The van der Waals surface area contributed by atoms with Gasteiger partial charge in [-0.3, -0.25) is 0 Å². The Morgan fingerprint density at radius 2 is 2.05 bits per heavy atom. The number of alkyl halides is 3. The fourth-order valence-electron chi connectivity index (χ4n) is 1.50. The molecule has 0 spiro atoms. The lowest BCUT2D eigenvalue weighted by Gasteiger charge is -2.08. The molecule has 0 radical (unpaired) electrons. The number of halogens is 3. The Labute approximate surface area is 122 Å². The fraction of sp³-hybridized carbons (Fsp3) is 0.0769. The Bertz CT molecular complexity index is 741. The molecule has 22 heavy (non-hydrogen) atoms. The van der Waals surface area contributed by atoms with Crippen molar-refractivity contribution in [3.63, 3.8) is 0 Å². The van der Waals surface area contributed by atoms with Crippen molar-refractivity contribution in [3.05, 3.63) is 60.2 Å². The van der Waals surface area contributed by atoms with Gasteiger partial charge in [-0.2, -0.15) is 33.8 Å². The summed E-state index contributed by atoms with van der Waals surface area (Å²) in [5, 5.41) is 21.0. The van der Waals surface area contributed by atoms with Crippen molar-refractivity contribution in [1.82, 2.24) is 25.2 Å². The zero-order chi connectivity index (χ0) is 16.0. The van der Waals surface area contributed by atoms with Gasteiger partial charge in [-0.1, -0.05) is 6.07 Å². The molecule has 112 valence electrons. The number of aromatic amines is 1. The maximum absolute atomic E-state index is 12.4. The Morgan fingerprint density at radius 3 is 2.55 bits per heavy atom. The predicted molar refractivity (Wildman–Crippen MR) is 69.7 cm³/mol. The number of rotatable bonds is 1. The summed E-state index contributed by atoms with van der Waals surface area (Å²) in [6, 6.07) is 8.48. The smallest absolute Gasteiger partial charge is 0.241 e. The summed E-state index contributed by atoms with van der Waals surface area (Å²) in [6.45, 7) is 0. The highest BCUT2D eigenvalue weighted by Crippen LogP contribution is 2.30. The average Bonchev–Trinajstić information content (AvgIpc) is 3.20. The molecule has 3 rings (SSSR count). The fourth-order valence-corrected chi connectivity index (χ4v) is 1.50. The summed E-state index contributed by atoms with van der Waals surface area (Å²) in [6.07, 6.45) is 0.152. The first-order valence-electron chi connectivity index (χ1n) is 5.94. The average molecular weight is 306 g/mol. The standard InChI is InChI=1S/C10H7F3N2.C3H2N4/c11-10(12,13)8-3-1-4-9(7-8)15-6-2-5-14-15;4-1-3-2-5-7-6-3/h1-7H;2H,(H,5,6,7). The van der Waals surface area contributed by atoms with Gasteiger partial charge in [0.15, 0.2) is 5.69 Å². The van der Waals surface area contributed by atoms with Gasteiger partial charge in [0.1, 0.15) is 6.07 Å². The van der Waals surface area contributed by atoms with Crippen LogP contribution in [0.25, 0.3) is 5.69 Å². The van der Waals surface area contributed by atoms with Crippen molar-refractivity contribution in [1.29, 1.82) is 5.26 Å². The van der Waals surface area contributed by atoms with E-state index in [0.717, 1.165) is 12.1 Å². The molecule has 2 aromatic heterocycles. The molecule has 0 amide bonds. The van der Waals surface area contributed by atoms with Crippen molar-refractivity contribution >= 4 is 0 Å². The number of nitriles is 1. The second kappa shape index (κ2) is 6.53. The Hall–Kier alpha value is -3.15. The van der Waals surface area contributed by atoms with Crippen molar-refractivity contribution < 1.29 is 13.2 Å². The van der Waals surface area contributed by atoms with Gasteiger partial charge in [0.05, 0.1) is 17.4 Å². The number of aromatic nitrogens is 5. The SMILES string of the molecule is FC(F)(F)c1cccc(-n2cccn2)c1.N#Cc1cn[nH]n1. The van der Waals surface area contributed by atoms with E-state index in [1.54, 1.807) is 24.4 Å². The van der Waals surface area contributed by atoms with E-state index in [-0.39, 0.29) is 0 Å². The summed E-state index contributed by atoms with van der Waals surface area (Å²) in [4.78, 5) is 0. The van der Waals surface area contributed by atoms with Crippen molar-refractivity contribution in [2.24, 2.45) is 0 Å². The molecule has 0 bridgehead atoms. The third kappa shape index (κ3) is 3.92. The first-order chi connectivity index (χ1) is 10.5. The first kappa shape index (κ1) is 15.2. The quantitative estimate of drug-likeness (QED) is 0.749. The maximum Gasteiger partial charge on any atom is 0.416 e. The highest BCUT2D eigenvalue weighted by molar-refractivity contribution is 5.36. The van der Waals surface area contributed by atoms with E-state index in [2.05, 4.69) is 20.5 Å². The second-order valence-electron chi connectivity index (χ2n) is 3.97. The van der Waals surface area contributed by atoms with Crippen LogP contribution in [0.3, 0.4) is 0 Å². The van der Waals surface area contributed by atoms with Crippen LogP contribution in [-0.2, 0) is 6.18 Å². The lowest BCUT2D eigenvalue weighted by atomic mass is 10.2. The summed E-state index contributed by atoms with van der Waals surface area (Å²) < 4.78 is 38.5. The van der Waals surface area contributed by atoms with E-state index in [9.17, 15) is 13.2 Å². The maximum atomic E-state index is 12.4. The number of nitrogens with one attached hydrogen (secondary N) is 1. The van der Waals surface area contributed by atoms with Gasteiger partial charge in [-0.15, -0.1) is 5.10 Å². The van der Waals surface area contributed by atoms with Crippen LogP contribution in [0.5, 0.6) is 0 Å². The van der Waals surface area contributed by atoms with E-state index in [1.165, 1.54) is 23.1 Å². The number of H-pyrrole nitrogens is 1. The normalized spacial score (nSPS) is 10.5. The van der Waals surface area contributed by atoms with Gasteiger partial charge < -0.3 is 0 Å². The molecule has 1 aromatic carbocycles. The molecule has 0 saturated heterocycles. The van der Waals surface area contributed by atoms with Crippen molar-refractivity contribution in [2.75, 3.05) is 0 Å². The van der Waals surface area contributed by atoms with Crippen molar-refractivity contribution in [2.45, 2.75) is 6.18 Å². The van der Waals surface area contributed by atoms with Crippen LogP contribution < -0.4 is 0 Å². The van der Waals surface area contributed by atoms with Crippen molar-refractivity contribution in [3.8, 4) is 11.8 Å². The van der Waals surface area contributed by atoms with Gasteiger partial charge >= 0.3 is 6.18 Å². The van der Waals surface area contributed by atoms with E-state index in [4.69, 9.17) is 5.26 Å². The Balaban J connectivity index is 0.000000211. The monoisotopic (exact) mass is 306 g/mol. The van der Waals surface area contributed by atoms with Crippen LogP contribution in [0, 0.1) is 11.3 Å². The minimum absolute atomic E-state index is 0.319. The number of hydrogen-bond acceptors (Lipinski definition) is 4. The van der Waals surface area contributed by atoms with Gasteiger partial charge in [0.2, 0.25) is 0 Å². The third-order valence-corrected chi connectivity index (χ3v) is 2.47. The van der Waals surface area contributed by atoms with E-state index in [1.807, 2.05) is 0 Å². The van der Waals surface area contributed by atoms with Crippen LogP contribution in [0.1, 0.15) is 11.3 Å². The molecule has 9 heteroatoms. The highest BCUT2D eigenvalue weighted by Gasteiger charge is 2.30. The molecule has 0 fully saturated rings. The van der Waals surface area contributed by atoms with Gasteiger partial charge in [0.25, 0.3) is 0 Å². The summed E-state index contributed by atoms with van der Waals surface area (Å²) in [5.74, 6) is 0. The molecule has 0 atom stereocenters. The third-order valence-electron chi connectivity index (χ3n) is 2.47. The summed E-state index contributed by atoms with van der Waals surface area (Å²) in [5.41, 5.74) is 0.0466. The zero-order valence-electron chi connectivity index (χ0n) is 11.0. The molecular weight excluding hydrogens is 297 g/mol. The van der Waals surface area contributed by atoms with E-state index < -0.39 is 11.7 Å². The molecule has 3 aromatic rings. The minimum atomic E-state index is -4.32. The van der Waals surface area contributed by atoms with Gasteiger partial charge in [-0.05, 0) is 24.3 Å². The van der Waals surface area contributed by atoms with Crippen LogP contribution in [-0.4, -0.2) is 25.2 Å². The molecular formula is C13H9F3N6. The molecule has 6 nitrogen and oxygen atoms in total. The Kier molecular flexibility index (Phi) is 4.53. The topological polar surface area (TPSA) is 83.2 Å². The molecule has 1 N–H and O–H groups in total. The van der Waals surface area contributed by atoms with E-state index >= 15 is 0 Å². The van der Waals surface area contributed by atoms with Gasteiger partial charge in [-0.25, -0.2) is 4.68 Å². The summed E-state index contributed by atoms with van der Waals surface area (Å²) >= 11 is 0. The second-order valence-corrected chi connectivity index (χ2v) is 3.97. The highest BCUT2D eigenvalue weighted by atomic mass is 19.4. The zero-order valence-corrected chi connectivity index (χ0v) is 11.0. The lowest BCUT2D eigenvalue weighted by Crippen LogP contribution is -2.06. The van der Waals surface area contributed by atoms with Crippen LogP contribution in [0.4, 0.5) is 13.2 Å². The van der Waals surface area contributed by atoms with E-state index in [0.29, 0.717) is 11.4 Å². The van der Waals surface area contributed by atoms with Gasteiger partial charge in [0, 0.05) is 12.4 Å². The molecule has 0 unspecified atom stereocenters.